The minimum absolute atomic E-state index is 0.133. The van der Waals surface area contributed by atoms with Gasteiger partial charge in [-0.2, -0.15) is 0 Å². The predicted octanol–water partition coefficient (Wildman–Crippen LogP) is 5.87. The van der Waals surface area contributed by atoms with Crippen LogP contribution in [0.2, 0.25) is 18.1 Å². The average Bonchev–Trinajstić information content (AvgIpc) is 2.72. The third kappa shape index (κ3) is 7.16. The van der Waals surface area contributed by atoms with E-state index in [1.165, 1.54) is 0 Å². The van der Waals surface area contributed by atoms with Crippen molar-refractivity contribution in [1.29, 1.82) is 0 Å². The van der Waals surface area contributed by atoms with E-state index in [4.69, 9.17) is 9.16 Å². The second-order valence-corrected chi connectivity index (χ2v) is 16.7. The topological polar surface area (TPSA) is 52.6 Å². The molecule has 0 bridgehead atoms. The zero-order chi connectivity index (χ0) is 24.0. The molecule has 1 aliphatic rings. The predicted molar refractivity (Wildman–Crippen MR) is 134 cm³/mol. The highest BCUT2D eigenvalue weighted by atomic mass is 32.2. The van der Waals surface area contributed by atoms with E-state index in [1.54, 1.807) is 6.92 Å². The Bertz CT molecular complexity index is 905. The van der Waals surface area contributed by atoms with E-state index >= 15 is 0 Å². The molecule has 0 radical (unpaired) electrons. The van der Waals surface area contributed by atoms with Crippen molar-refractivity contribution in [3.05, 3.63) is 42.0 Å². The molecule has 0 fully saturated rings. The number of carbonyl (C=O) groups excluding carboxylic acids is 1. The summed E-state index contributed by atoms with van der Waals surface area (Å²) in [5.41, 5.74) is 0.990. The van der Waals surface area contributed by atoms with Gasteiger partial charge in [0.05, 0.1) is 10.8 Å². The lowest BCUT2D eigenvalue weighted by atomic mass is 9.73. The van der Waals surface area contributed by atoms with Crippen molar-refractivity contribution in [2.24, 2.45) is 5.41 Å². The molecule has 0 aliphatic heterocycles. The summed E-state index contributed by atoms with van der Waals surface area (Å²) in [6.07, 6.45) is 4.01. The SMILES string of the molecule is CC#CC(=O)O[C@H]1C=C(CCS(=O)c2ccccc2)[C@](C)(CO[Si](C)(C)C(C)(C)C)CC1. The van der Waals surface area contributed by atoms with E-state index < -0.39 is 25.1 Å². The van der Waals surface area contributed by atoms with Gasteiger partial charge in [-0.15, -0.1) is 0 Å². The summed E-state index contributed by atoms with van der Waals surface area (Å²) >= 11 is 0. The van der Waals surface area contributed by atoms with Gasteiger partial charge in [-0.05, 0) is 62.5 Å². The minimum Gasteiger partial charge on any atom is -0.449 e. The van der Waals surface area contributed by atoms with E-state index in [0.717, 1.165) is 23.3 Å². The van der Waals surface area contributed by atoms with Crippen LogP contribution in [0.1, 0.15) is 53.9 Å². The van der Waals surface area contributed by atoms with Gasteiger partial charge in [-0.3, -0.25) is 4.21 Å². The van der Waals surface area contributed by atoms with Crippen LogP contribution in [0, 0.1) is 17.3 Å². The smallest absolute Gasteiger partial charge is 0.384 e. The van der Waals surface area contributed by atoms with E-state index in [0.29, 0.717) is 18.8 Å². The largest absolute Gasteiger partial charge is 0.449 e. The molecule has 0 amide bonds. The molecule has 0 saturated heterocycles. The third-order valence-electron chi connectivity index (χ3n) is 6.75. The minimum atomic E-state index is -1.91. The second-order valence-electron chi connectivity index (χ2n) is 10.3. The molecular weight excluding hydrogens is 436 g/mol. The van der Waals surface area contributed by atoms with Crippen LogP contribution >= 0.6 is 0 Å². The molecule has 3 atom stereocenters. The van der Waals surface area contributed by atoms with Gasteiger partial charge in [0.25, 0.3) is 0 Å². The fraction of sp³-hybridized carbons (Fsp3) is 0.577. The molecule has 4 nitrogen and oxygen atoms in total. The Balaban J connectivity index is 2.21. The Morgan fingerprint density at radius 3 is 2.50 bits per heavy atom. The van der Waals surface area contributed by atoms with Crippen LogP contribution in [0.4, 0.5) is 0 Å². The second kappa shape index (κ2) is 11.0. The summed E-state index contributed by atoms with van der Waals surface area (Å²) in [5.74, 6) is 5.08. The highest BCUT2D eigenvalue weighted by Crippen LogP contribution is 2.43. The van der Waals surface area contributed by atoms with Crippen LogP contribution in [0.3, 0.4) is 0 Å². The molecule has 0 heterocycles. The molecule has 0 spiro atoms. The molecule has 176 valence electrons. The van der Waals surface area contributed by atoms with Crippen LogP contribution in [-0.4, -0.2) is 37.0 Å². The maximum atomic E-state index is 12.8. The Kier molecular flexibility index (Phi) is 9.10. The van der Waals surface area contributed by atoms with Crippen LogP contribution in [0.15, 0.2) is 46.9 Å². The summed E-state index contributed by atoms with van der Waals surface area (Å²) < 4.78 is 25.0. The summed E-state index contributed by atoms with van der Waals surface area (Å²) in [6.45, 7) is 15.7. The number of benzene rings is 1. The van der Waals surface area contributed by atoms with Crippen molar-refractivity contribution in [3.8, 4) is 11.8 Å². The van der Waals surface area contributed by atoms with Crippen LogP contribution in [0.25, 0.3) is 0 Å². The van der Waals surface area contributed by atoms with Gasteiger partial charge >= 0.3 is 5.97 Å². The normalized spacial score (nSPS) is 22.3. The van der Waals surface area contributed by atoms with Crippen molar-refractivity contribution in [1.82, 2.24) is 0 Å². The number of hydrogen-bond donors (Lipinski definition) is 0. The molecule has 1 aliphatic carbocycles. The molecule has 1 aromatic carbocycles. The summed E-state index contributed by atoms with van der Waals surface area (Å²) in [5, 5.41) is 0.133. The summed E-state index contributed by atoms with van der Waals surface area (Å²) in [7, 11) is -2.99. The molecule has 6 heteroatoms. The first-order chi connectivity index (χ1) is 14.9. The number of rotatable bonds is 8. The fourth-order valence-electron chi connectivity index (χ4n) is 3.49. The average molecular weight is 475 g/mol. The lowest BCUT2D eigenvalue weighted by Crippen LogP contribution is -2.45. The molecule has 1 aromatic rings. The maximum absolute atomic E-state index is 12.8. The van der Waals surface area contributed by atoms with E-state index in [-0.39, 0.29) is 16.6 Å². The molecule has 0 saturated carbocycles. The quantitative estimate of drug-likeness (QED) is 0.155. The van der Waals surface area contributed by atoms with Gasteiger partial charge in [0, 0.05) is 28.6 Å². The summed E-state index contributed by atoms with van der Waals surface area (Å²) in [6, 6.07) is 9.55. The van der Waals surface area contributed by atoms with Crippen molar-refractivity contribution in [2.45, 2.75) is 83.0 Å². The van der Waals surface area contributed by atoms with E-state index in [2.05, 4.69) is 58.7 Å². The van der Waals surface area contributed by atoms with Gasteiger partial charge in [0.15, 0.2) is 8.32 Å². The first-order valence-corrected chi connectivity index (χ1v) is 15.5. The first kappa shape index (κ1) is 26.6. The number of hydrogen-bond acceptors (Lipinski definition) is 4. The van der Waals surface area contributed by atoms with Gasteiger partial charge in [0.2, 0.25) is 0 Å². The van der Waals surface area contributed by atoms with Gasteiger partial charge < -0.3 is 9.16 Å². The molecule has 2 rings (SSSR count). The molecule has 0 N–H and O–H groups in total. The number of ether oxygens (including phenoxy) is 1. The Labute approximate surface area is 197 Å². The molecule has 0 aromatic heterocycles. The Morgan fingerprint density at radius 2 is 1.91 bits per heavy atom. The molecule has 32 heavy (non-hydrogen) atoms. The molecule has 1 unspecified atom stereocenters. The monoisotopic (exact) mass is 474 g/mol. The zero-order valence-electron chi connectivity index (χ0n) is 20.6. The fourth-order valence-corrected chi connectivity index (χ4v) is 5.71. The lowest BCUT2D eigenvalue weighted by molar-refractivity contribution is -0.140. The summed E-state index contributed by atoms with van der Waals surface area (Å²) in [4.78, 5) is 12.7. The van der Waals surface area contributed by atoms with Crippen molar-refractivity contribution < 1.29 is 18.2 Å². The Hall–Kier alpha value is -1.68. The zero-order valence-corrected chi connectivity index (χ0v) is 22.4. The molecular formula is C26H38O4SSi. The number of esters is 1. The highest BCUT2D eigenvalue weighted by molar-refractivity contribution is 7.85. The van der Waals surface area contributed by atoms with Crippen molar-refractivity contribution >= 4 is 25.1 Å². The number of carbonyl (C=O) groups is 1. The first-order valence-electron chi connectivity index (χ1n) is 11.3. The van der Waals surface area contributed by atoms with E-state index in [1.807, 2.05) is 30.3 Å². The maximum Gasteiger partial charge on any atom is 0.384 e. The standard InChI is InChI=1S/C26H38O4SSi/c1-8-12-24(27)30-22-15-17-26(5,20-29-32(6,7)25(2,3)4)21(19-22)16-18-31(28)23-13-10-9-11-14-23/h9-11,13-14,19,22H,15-18,20H2,1-7H3/t22-,26+,31?/m1/s1. The van der Waals surface area contributed by atoms with Crippen LogP contribution in [-0.2, 0) is 24.8 Å². The van der Waals surface area contributed by atoms with Crippen LogP contribution < -0.4 is 0 Å². The highest BCUT2D eigenvalue weighted by Gasteiger charge is 2.41. The Morgan fingerprint density at radius 1 is 1.25 bits per heavy atom. The van der Waals surface area contributed by atoms with Crippen LogP contribution in [0.5, 0.6) is 0 Å². The lowest BCUT2D eigenvalue weighted by Gasteiger charge is -2.43. The van der Waals surface area contributed by atoms with Gasteiger partial charge in [0.1, 0.15) is 6.10 Å². The van der Waals surface area contributed by atoms with E-state index in [9.17, 15) is 9.00 Å². The van der Waals surface area contributed by atoms with Crippen molar-refractivity contribution in [2.75, 3.05) is 12.4 Å². The van der Waals surface area contributed by atoms with Crippen molar-refractivity contribution in [3.63, 3.8) is 0 Å². The third-order valence-corrected chi connectivity index (χ3v) is 12.6. The van der Waals surface area contributed by atoms with Gasteiger partial charge in [-0.25, -0.2) is 4.79 Å². The van der Waals surface area contributed by atoms with Gasteiger partial charge in [-0.1, -0.05) is 57.4 Å².